The highest BCUT2D eigenvalue weighted by Crippen LogP contribution is 2.19. The molecule has 0 aliphatic rings. The maximum Gasteiger partial charge on any atom is 0.223 e. The van der Waals surface area contributed by atoms with Gasteiger partial charge in [-0.1, -0.05) is 19.1 Å². The summed E-state index contributed by atoms with van der Waals surface area (Å²) in [6.45, 7) is 4.65. The van der Waals surface area contributed by atoms with Crippen LogP contribution >= 0.6 is 11.8 Å². The third kappa shape index (κ3) is 5.15. The second-order valence-electron chi connectivity index (χ2n) is 4.70. The van der Waals surface area contributed by atoms with E-state index in [2.05, 4.69) is 11.4 Å². The summed E-state index contributed by atoms with van der Waals surface area (Å²) in [5.74, 6) is 1.97. The summed E-state index contributed by atoms with van der Waals surface area (Å²) in [5.41, 5.74) is 2.31. The van der Waals surface area contributed by atoms with Crippen LogP contribution in [0.4, 0.5) is 0 Å². The number of carbonyl (C=O) groups excluding carboxylic acids is 1. The van der Waals surface area contributed by atoms with Gasteiger partial charge in [0.15, 0.2) is 0 Å². The van der Waals surface area contributed by atoms with Crippen LogP contribution in [0.3, 0.4) is 0 Å². The van der Waals surface area contributed by atoms with Crippen molar-refractivity contribution >= 4 is 17.7 Å². The SMILES string of the molecule is COc1cc(CCNC(=O)C(C)CSC)ccc1C. The Labute approximate surface area is 120 Å². The molecule has 1 unspecified atom stereocenters. The first-order valence-electron chi connectivity index (χ1n) is 6.48. The highest BCUT2D eigenvalue weighted by Gasteiger charge is 2.11. The Morgan fingerprint density at radius 3 is 2.84 bits per heavy atom. The lowest BCUT2D eigenvalue weighted by Gasteiger charge is -2.11. The molecule has 0 heterocycles. The van der Waals surface area contributed by atoms with Crippen molar-refractivity contribution in [1.82, 2.24) is 5.32 Å². The highest BCUT2D eigenvalue weighted by molar-refractivity contribution is 7.98. The van der Waals surface area contributed by atoms with Gasteiger partial charge in [0, 0.05) is 18.2 Å². The second-order valence-corrected chi connectivity index (χ2v) is 5.61. The molecule has 0 saturated carbocycles. The molecule has 1 N–H and O–H groups in total. The fourth-order valence-electron chi connectivity index (χ4n) is 1.85. The number of hydrogen-bond acceptors (Lipinski definition) is 3. The molecule has 19 heavy (non-hydrogen) atoms. The lowest BCUT2D eigenvalue weighted by Crippen LogP contribution is -2.31. The number of nitrogens with one attached hydrogen (secondary N) is 1. The first-order chi connectivity index (χ1) is 9.08. The Hall–Kier alpha value is -1.16. The van der Waals surface area contributed by atoms with Crippen LogP contribution in [-0.2, 0) is 11.2 Å². The van der Waals surface area contributed by atoms with Gasteiger partial charge < -0.3 is 10.1 Å². The molecule has 1 aromatic carbocycles. The fraction of sp³-hybridized carbons (Fsp3) is 0.533. The minimum absolute atomic E-state index is 0.0718. The van der Waals surface area contributed by atoms with Gasteiger partial charge in [-0.2, -0.15) is 11.8 Å². The molecule has 1 rings (SSSR count). The maximum atomic E-state index is 11.8. The number of rotatable bonds is 7. The molecule has 0 bridgehead atoms. The van der Waals surface area contributed by atoms with Gasteiger partial charge >= 0.3 is 0 Å². The van der Waals surface area contributed by atoms with Crippen LogP contribution in [0.2, 0.25) is 0 Å². The van der Waals surface area contributed by atoms with Crippen LogP contribution in [0.15, 0.2) is 18.2 Å². The van der Waals surface area contributed by atoms with Gasteiger partial charge in [-0.15, -0.1) is 0 Å². The Morgan fingerprint density at radius 1 is 1.47 bits per heavy atom. The Balaban J connectivity index is 2.43. The number of ether oxygens (including phenoxy) is 1. The predicted molar refractivity (Wildman–Crippen MR) is 82.0 cm³/mol. The Bertz CT molecular complexity index is 421. The molecule has 3 nitrogen and oxygen atoms in total. The van der Waals surface area contributed by atoms with Crippen LogP contribution in [0, 0.1) is 12.8 Å². The van der Waals surface area contributed by atoms with E-state index in [9.17, 15) is 4.79 Å². The molecule has 0 fully saturated rings. The molecule has 0 aliphatic heterocycles. The van der Waals surface area contributed by atoms with Crippen LogP contribution in [0.1, 0.15) is 18.1 Å². The van der Waals surface area contributed by atoms with Crippen LogP contribution in [-0.4, -0.2) is 31.6 Å². The summed E-state index contributed by atoms with van der Waals surface area (Å²) in [6, 6.07) is 6.16. The summed E-state index contributed by atoms with van der Waals surface area (Å²) in [4.78, 5) is 11.8. The van der Waals surface area contributed by atoms with E-state index in [4.69, 9.17) is 4.74 Å². The molecule has 0 aliphatic carbocycles. The molecular formula is C15H23NO2S. The molecule has 0 spiro atoms. The summed E-state index contributed by atoms with van der Waals surface area (Å²) in [6.07, 6.45) is 2.84. The van der Waals surface area contributed by atoms with Crippen molar-refractivity contribution < 1.29 is 9.53 Å². The third-order valence-electron chi connectivity index (χ3n) is 3.05. The van der Waals surface area contributed by atoms with Crippen molar-refractivity contribution in [3.8, 4) is 5.75 Å². The first kappa shape index (κ1) is 15.9. The Morgan fingerprint density at radius 2 is 2.21 bits per heavy atom. The molecule has 1 aromatic rings. The minimum Gasteiger partial charge on any atom is -0.496 e. The number of amides is 1. The molecule has 0 saturated heterocycles. The molecular weight excluding hydrogens is 258 g/mol. The monoisotopic (exact) mass is 281 g/mol. The average Bonchev–Trinajstić information content (AvgIpc) is 2.40. The number of methoxy groups -OCH3 is 1. The van der Waals surface area contributed by atoms with E-state index in [-0.39, 0.29) is 11.8 Å². The summed E-state index contributed by atoms with van der Waals surface area (Å²) in [5, 5.41) is 2.97. The van der Waals surface area contributed by atoms with Gasteiger partial charge in [-0.05, 0) is 36.8 Å². The molecule has 1 amide bonds. The zero-order valence-corrected chi connectivity index (χ0v) is 13.0. The molecule has 106 valence electrons. The second kappa shape index (κ2) is 8.10. The van der Waals surface area contributed by atoms with Crippen molar-refractivity contribution in [1.29, 1.82) is 0 Å². The van der Waals surface area contributed by atoms with E-state index in [1.54, 1.807) is 18.9 Å². The topological polar surface area (TPSA) is 38.3 Å². The number of carbonyl (C=O) groups is 1. The number of aryl methyl sites for hydroxylation is 1. The summed E-state index contributed by atoms with van der Waals surface area (Å²) < 4.78 is 5.29. The predicted octanol–water partition coefficient (Wildman–Crippen LogP) is 2.66. The smallest absolute Gasteiger partial charge is 0.223 e. The summed E-state index contributed by atoms with van der Waals surface area (Å²) >= 11 is 1.70. The maximum absolute atomic E-state index is 11.8. The van der Waals surface area contributed by atoms with Crippen molar-refractivity contribution in [2.75, 3.05) is 25.7 Å². The lowest BCUT2D eigenvalue weighted by molar-refractivity contribution is -0.123. The molecule has 0 radical (unpaired) electrons. The van der Waals surface area contributed by atoms with Crippen molar-refractivity contribution in [3.63, 3.8) is 0 Å². The molecule has 4 heteroatoms. The average molecular weight is 281 g/mol. The zero-order valence-electron chi connectivity index (χ0n) is 12.2. The third-order valence-corrected chi connectivity index (χ3v) is 3.88. The van der Waals surface area contributed by atoms with E-state index in [1.807, 2.05) is 32.2 Å². The van der Waals surface area contributed by atoms with Crippen LogP contribution in [0.5, 0.6) is 5.75 Å². The van der Waals surface area contributed by atoms with E-state index in [0.29, 0.717) is 6.54 Å². The minimum atomic E-state index is 0.0718. The van der Waals surface area contributed by atoms with Crippen molar-refractivity contribution in [2.45, 2.75) is 20.3 Å². The number of benzene rings is 1. The van der Waals surface area contributed by atoms with Crippen LogP contribution < -0.4 is 10.1 Å². The van der Waals surface area contributed by atoms with Gasteiger partial charge in [0.05, 0.1) is 7.11 Å². The van der Waals surface area contributed by atoms with Crippen LogP contribution in [0.25, 0.3) is 0 Å². The van der Waals surface area contributed by atoms with Crippen molar-refractivity contribution in [2.24, 2.45) is 5.92 Å². The van der Waals surface area contributed by atoms with Crippen molar-refractivity contribution in [3.05, 3.63) is 29.3 Å². The first-order valence-corrected chi connectivity index (χ1v) is 7.88. The number of hydrogen-bond donors (Lipinski definition) is 1. The van der Waals surface area contributed by atoms with Gasteiger partial charge in [0.2, 0.25) is 5.91 Å². The van der Waals surface area contributed by atoms with Gasteiger partial charge in [0.25, 0.3) is 0 Å². The summed E-state index contributed by atoms with van der Waals surface area (Å²) in [7, 11) is 1.68. The number of thioether (sulfide) groups is 1. The van der Waals surface area contributed by atoms with Gasteiger partial charge in [-0.3, -0.25) is 4.79 Å². The zero-order chi connectivity index (χ0) is 14.3. The molecule has 0 aromatic heterocycles. The fourth-order valence-corrected chi connectivity index (χ4v) is 2.50. The van der Waals surface area contributed by atoms with E-state index in [0.717, 1.165) is 23.5 Å². The largest absolute Gasteiger partial charge is 0.496 e. The quantitative estimate of drug-likeness (QED) is 0.835. The lowest BCUT2D eigenvalue weighted by atomic mass is 10.1. The Kier molecular flexibility index (Phi) is 6.78. The standard InChI is InChI=1S/C15H23NO2S/c1-11-5-6-13(9-14(11)18-3)7-8-16-15(17)12(2)10-19-4/h5-6,9,12H,7-8,10H2,1-4H3,(H,16,17). The van der Waals surface area contributed by atoms with E-state index >= 15 is 0 Å². The van der Waals surface area contributed by atoms with Gasteiger partial charge in [0.1, 0.15) is 5.75 Å². The van der Waals surface area contributed by atoms with Gasteiger partial charge in [-0.25, -0.2) is 0 Å². The van der Waals surface area contributed by atoms with E-state index in [1.165, 1.54) is 5.56 Å². The normalized spacial score (nSPS) is 12.0. The van der Waals surface area contributed by atoms with E-state index < -0.39 is 0 Å². The highest BCUT2D eigenvalue weighted by atomic mass is 32.2. The molecule has 1 atom stereocenters.